The van der Waals surface area contributed by atoms with Gasteiger partial charge in [0.2, 0.25) is 11.8 Å². The highest BCUT2D eigenvalue weighted by Gasteiger charge is 2.58. The number of carbonyl (C=O) groups excluding carboxylic acids is 2. The predicted molar refractivity (Wildman–Crippen MR) is 42.3 cm³/mol. The summed E-state index contributed by atoms with van der Waals surface area (Å²) in [6.07, 6.45) is 0.796. The zero-order chi connectivity index (χ0) is 8.98. The van der Waals surface area contributed by atoms with Gasteiger partial charge in [0.05, 0.1) is 23.9 Å². The summed E-state index contributed by atoms with van der Waals surface area (Å²) in [7, 11) is 0. The topological polar surface area (TPSA) is 58.2 Å². The summed E-state index contributed by atoms with van der Waals surface area (Å²) in [6.45, 7) is 3.82. The van der Waals surface area contributed by atoms with Crippen molar-refractivity contribution in [3.63, 3.8) is 0 Å². The molecule has 0 aromatic carbocycles. The molecule has 2 fully saturated rings. The highest BCUT2D eigenvalue weighted by Crippen LogP contribution is 2.38. The van der Waals surface area contributed by atoms with E-state index in [-0.39, 0.29) is 22.9 Å². The van der Waals surface area contributed by atoms with Gasteiger partial charge in [-0.15, -0.1) is 0 Å². The summed E-state index contributed by atoms with van der Waals surface area (Å²) >= 11 is 0. The molecule has 2 aliphatic heterocycles. The minimum atomic E-state index is -0.374. The quantitative estimate of drug-likeness (QED) is 0.514. The predicted octanol–water partition coefficient (Wildman–Crippen LogP) is -0.456. The Hall–Kier alpha value is -1.06. The molecular weight excluding hydrogens is 156 g/mol. The van der Waals surface area contributed by atoms with Crippen LogP contribution in [0, 0.1) is 0 Å². The summed E-state index contributed by atoms with van der Waals surface area (Å²) in [5.74, 6) is 0.0556. The van der Waals surface area contributed by atoms with Crippen molar-refractivity contribution in [3.05, 3.63) is 0 Å². The molecule has 4 nitrogen and oxygen atoms in total. The molecule has 0 saturated carbocycles. The summed E-state index contributed by atoms with van der Waals surface area (Å²) in [5, 5.41) is 5.68. The van der Waals surface area contributed by atoms with Crippen LogP contribution in [0.15, 0.2) is 0 Å². The van der Waals surface area contributed by atoms with Gasteiger partial charge in [0.15, 0.2) is 0 Å². The molecule has 2 aliphatic rings. The molecule has 2 N–H and O–H groups in total. The van der Waals surface area contributed by atoms with Crippen LogP contribution >= 0.6 is 0 Å². The van der Waals surface area contributed by atoms with Gasteiger partial charge in [0.25, 0.3) is 0 Å². The highest BCUT2D eigenvalue weighted by atomic mass is 16.2. The Kier molecular flexibility index (Phi) is 1.14. The second-order valence-corrected chi connectivity index (χ2v) is 4.11. The van der Waals surface area contributed by atoms with Crippen LogP contribution in [0.2, 0.25) is 0 Å². The van der Waals surface area contributed by atoms with Crippen molar-refractivity contribution in [3.8, 4) is 0 Å². The minimum Gasteiger partial charge on any atom is -0.348 e. The van der Waals surface area contributed by atoms with Crippen LogP contribution in [-0.2, 0) is 9.59 Å². The van der Waals surface area contributed by atoms with E-state index in [1.807, 2.05) is 13.8 Å². The maximum Gasteiger partial charge on any atom is 0.222 e. The monoisotopic (exact) mass is 168 g/mol. The van der Waals surface area contributed by atoms with Crippen LogP contribution in [0.5, 0.6) is 0 Å². The van der Waals surface area contributed by atoms with Gasteiger partial charge in [-0.1, -0.05) is 0 Å². The van der Waals surface area contributed by atoms with Crippen LogP contribution in [0.3, 0.4) is 0 Å². The van der Waals surface area contributed by atoms with Gasteiger partial charge in [0.1, 0.15) is 0 Å². The summed E-state index contributed by atoms with van der Waals surface area (Å²) in [5.41, 5.74) is -0.748. The Bertz CT molecular complexity index is 228. The average Bonchev–Trinajstić information content (AvgIpc) is 2.09. The maximum absolute atomic E-state index is 11.1. The number of rotatable bonds is 0. The number of hydrogen-bond acceptors (Lipinski definition) is 2. The van der Waals surface area contributed by atoms with E-state index < -0.39 is 0 Å². The molecule has 66 valence electrons. The molecule has 0 aromatic heterocycles. The van der Waals surface area contributed by atoms with Gasteiger partial charge in [-0.25, -0.2) is 0 Å². The SMILES string of the molecule is C[C@]12CC(=O)N[C@@]1(C)CC(=O)N2. The van der Waals surface area contributed by atoms with Gasteiger partial charge in [0, 0.05) is 0 Å². The molecule has 0 spiro atoms. The van der Waals surface area contributed by atoms with Crippen LogP contribution < -0.4 is 10.6 Å². The lowest BCUT2D eigenvalue weighted by Gasteiger charge is -2.31. The van der Waals surface area contributed by atoms with Crippen molar-refractivity contribution < 1.29 is 9.59 Å². The lowest BCUT2D eigenvalue weighted by Crippen LogP contribution is -2.53. The molecule has 0 aromatic rings. The van der Waals surface area contributed by atoms with Crippen LogP contribution in [0.1, 0.15) is 26.7 Å². The second kappa shape index (κ2) is 1.81. The van der Waals surface area contributed by atoms with E-state index >= 15 is 0 Å². The number of nitrogens with one attached hydrogen (secondary N) is 2. The molecule has 0 radical (unpaired) electrons. The van der Waals surface area contributed by atoms with Crippen molar-refractivity contribution in [2.45, 2.75) is 37.8 Å². The lowest BCUT2D eigenvalue weighted by atomic mass is 9.83. The summed E-state index contributed by atoms with van der Waals surface area (Å²) in [6, 6.07) is 0. The Labute approximate surface area is 70.7 Å². The van der Waals surface area contributed by atoms with Gasteiger partial charge in [-0.3, -0.25) is 9.59 Å². The zero-order valence-corrected chi connectivity index (χ0v) is 7.23. The van der Waals surface area contributed by atoms with Crippen molar-refractivity contribution in [2.75, 3.05) is 0 Å². The molecule has 4 heteroatoms. The fourth-order valence-corrected chi connectivity index (χ4v) is 2.10. The second-order valence-electron chi connectivity index (χ2n) is 4.11. The number of amides is 2. The standard InChI is InChI=1S/C8H12N2O2/c1-7-3-5(11)10-8(7,2)4-6(12)9-7/h3-4H2,1-2H3,(H,9,12)(H,10,11)/t7-,8-/m0/s1. The zero-order valence-electron chi connectivity index (χ0n) is 7.23. The molecule has 2 atom stereocenters. The van der Waals surface area contributed by atoms with E-state index in [9.17, 15) is 9.59 Å². The van der Waals surface area contributed by atoms with E-state index in [4.69, 9.17) is 0 Å². The largest absolute Gasteiger partial charge is 0.348 e. The number of hydrogen-bond donors (Lipinski definition) is 2. The Balaban J connectivity index is 2.38. The first kappa shape index (κ1) is 7.58. The van der Waals surface area contributed by atoms with Gasteiger partial charge in [-0.05, 0) is 13.8 Å². The van der Waals surface area contributed by atoms with Crippen molar-refractivity contribution in [1.29, 1.82) is 0 Å². The molecule has 0 bridgehead atoms. The first-order valence-electron chi connectivity index (χ1n) is 4.07. The third-order valence-corrected chi connectivity index (χ3v) is 3.08. The summed E-state index contributed by atoms with van der Waals surface area (Å²) < 4.78 is 0. The number of carbonyl (C=O) groups is 2. The van der Waals surface area contributed by atoms with Crippen molar-refractivity contribution in [1.82, 2.24) is 10.6 Å². The third-order valence-electron chi connectivity index (χ3n) is 3.08. The van der Waals surface area contributed by atoms with Crippen LogP contribution in [0.25, 0.3) is 0 Å². The van der Waals surface area contributed by atoms with Crippen molar-refractivity contribution >= 4 is 11.8 Å². The smallest absolute Gasteiger partial charge is 0.222 e. The minimum absolute atomic E-state index is 0.0278. The normalized spacial score (nSPS) is 45.5. The fourth-order valence-electron chi connectivity index (χ4n) is 2.10. The molecular formula is C8H12N2O2. The van der Waals surface area contributed by atoms with E-state index in [1.165, 1.54) is 0 Å². The molecule has 2 rings (SSSR count). The molecule has 0 unspecified atom stereocenters. The van der Waals surface area contributed by atoms with Crippen molar-refractivity contribution in [2.24, 2.45) is 0 Å². The molecule has 12 heavy (non-hydrogen) atoms. The Morgan fingerprint density at radius 1 is 1.00 bits per heavy atom. The maximum atomic E-state index is 11.1. The third kappa shape index (κ3) is 0.722. The van der Waals surface area contributed by atoms with E-state index in [2.05, 4.69) is 10.6 Å². The summed E-state index contributed by atoms with van der Waals surface area (Å²) in [4.78, 5) is 22.2. The lowest BCUT2D eigenvalue weighted by molar-refractivity contribution is -0.122. The van der Waals surface area contributed by atoms with Gasteiger partial charge < -0.3 is 10.6 Å². The van der Waals surface area contributed by atoms with E-state index in [0.717, 1.165) is 0 Å². The number of fused-ring (bicyclic) bond motifs is 1. The molecule has 0 aliphatic carbocycles. The first-order valence-corrected chi connectivity index (χ1v) is 4.07. The Morgan fingerprint density at radius 3 is 1.67 bits per heavy atom. The van der Waals surface area contributed by atoms with Gasteiger partial charge >= 0.3 is 0 Å². The van der Waals surface area contributed by atoms with Crippen LogP contribution in [-0.4, -0.2) is 22.9 Å². The highest BCUT2D eigenvalue weighted by molar-refractivity contribution is 5.90. The molecule has 2 amide bonds. The fraction of sp³-hybridized carbons (Fsp3) is 0.750. The molecule has 2 heterocycles. The van der Waals surface area contributed by atoms with Gasteiger partial charge in [-0.2, -0.15) is 0 Å². The van der Waals surface area contributed by atoms with Crippen LogP contribution in [0.4, 0.5) is 0 Å². The molecule has 2 saturated heterocycles. The van der Waals surface area contributed by atoms with E-state index in [1.54, 1.807) is 0 Å². The Morgan fingerprint density at radius 2 is 1.33 bits per heavy atom. The first-order chi connectivity index (χ1) is 5.45. The average molecular weight is 168 g/mol. The van der Waals surface area contributed by atoms with E-state index in [0.29, 0.717) is 12.8 Å².